The van der Waals surface area contributed by atoms with Gasteiger partial charge in [0.1, 0.15) is 0 Å². The van der Waals surface area contributed by atoms with Crippen molar-refractivity contribution < 1.29 is 9.84 Å². The molecule has 0 aromatic heterocycles. The van der Waals surface area contributed by atoms with E-state index < -0.39 is 0 Å². The minimum atomic E-state index is 0.351. The zero-order valence-corrected chi connectivity index (χ0v) is 14.9. The quantitative estimate of drug-likeness (QED) is 0.302. The van der Waals surface area contributed by atoms with Crippen LogP contribution in [-0.4, -0.2) is 25.4 Å². The number of methoxy groups -OCH3 is 1. The highest BCUT2D eigenvalue weighted by molar-refractivity contribution is 4.98. The molecule has 0 aromatic rings. The van der Waals surface area contributed by atoms with E-state index in [1.54, 1.807) is 7.11 Å². The molecule has 0 heterocycles. The number of aliphatic hydroxyl groups excluding tert-OH is 1. The summed E-state index contributed by atoms with van der Waals surface area (Å²) in [6, 6.07) is 0. The average Bonchev–Trinajstić information content (AvgIpc) is 2.54. The highest BCUT2D eigenvalue weighted by Crippen LogP contribution is 2.09. The molecule has 0 aliphatic carbocycles. The first-order valence-corrected chi connectivity index (χ1v) is 9.47. The van der Waals surface area contributed by atoms with Gasteiger partial charge in [0.05, 0.1) is 0 Å². The third-order valence-corrected chi connectivity index (χ3v) is 3.99. The van der Waals surface area contributed by atoms with E-state index in [9.17, 15) is 0 Å². The van der Waals surface area contributed by atoms with Crippen molar-refractivity contribution in [1.82, 2.24) is 0 Å². The molecule has 0 amide bonds. The van der Waals surface area contributed by atoms with Crippen LogP contribution in [0.3, 0.4) is 0 Å². The highest BCUT2D eigenvalue weighted by Gasteiger charge is 1.91. The molecule has 0 bridgehead atoms. The molecule has 0 aromatic carbocycles. The Hall–Kier alpha value is -0.520. The van der Waals surface area contributed by atoms with Crippen LogP contribution in [-0.2, 0) is 4.74 Å². The summed E-state index contributed by atoms with van der Waals surface area (Å²) in [7, 11) is 1.78. The molecule has 0 saturated heterocycles. The van der Waals surface area contributed by atoms with E-state index in [2.05, 4.69) is 11.8 Å². The normalized spacial score (nSPS) is 10.5. The summed E-state index contributed by atoms with van der Waals surface area (Å²) < 4.78 is 5.04. The van der Waals surface area contributed by atoms with Gasteiger partial charge in [0.2, 0.25) is 0 Å². The maximum Gasteiger partial charge on any atom is 0.0462 e. The second kappa shape index (κ2) is 20.5. The molecule has 0 aliphatic rings. The first kappa shape index (κ1) is 21.5. The van der Waals surface area contributed by atoms with Crippen molar-refractivity contribution >= 4 is 0 Å². The van der Waals surface area contributed by atoms with Crippen LogP contribution in [0.4, 0.5) is 0 Å². The molecule has 0 unspecified atom stereocenters. The third-order valence-electron chi connectivity index (χ3n) is 3.99. The van der Waals surface area contributed by atoms with Crippen molar-refractivity contribution in [3.05, 3.63) is 0 Å². The Morgan fingerprint density at radius 2 is 1.00 bits per heavy atom. The predicted octanol–water partition coefficient (Wildman–Crippen LogP) is 5.48. The number of unbranched alkanes of at least 4 members (excludes halogenated alkanes) is 13. The van der Waals surface area contributed by atoms with Crippen LogP contribution < -0.4 is 0 Å². The van der Waals surface area contributed by atoms with Gasteiger partial charge in [-0.1, -0.05) is 57.8 Å². The van der Waals surface area contributed by atoms with Gasteiger partial charge >= 0.3 is 0 Å². The molecule has 0 rings (SSSR count). The Bertz CT molecular complexity index is 228. The first-order chi connectivity index (χ1) is 10.9. The second-order valence-corrected chi connectivity index (χ2v) is 6.17. The maximum absolute atomic E-state index is 8.68. The summed E-state index contributed by atoms with van der Waals surface area (Å²) in [5.74, 6) is 6.63. The molecule has 0 aliphatic heterocycles. The van der Waals surface area contributed by atoms with Gasteiger partial charge in [0.25, 0.3) is 0 Å². The Balaban J connectivity index is 3.07. The minimum Gasteiger partial charge on any atom is -0.396 e. The molecule has 130 valence electrons. The van der Waals surface area contributed by atoms with Gasteiger partial charge in [-0.25, -0.2) is 0 Å². The zero-order valence-electron chi connectivity index (χ0n) is 14.9. The van der Waals surface area contributed by atoms with Crippen molar-refractivity contribution in [2.24, 2.45) is 0 Å². The smallest absolute Gasteiger partial charge is 0.0462 e. The summed E-state index contributed by atoms with van der Waals surface area (Å²) in [5.41, 5.74) is 0. The van der Waals surface area contributed by atoms with Crippen LogP contribution in [0.15, 0.2) is 0 Å². The van der Waals surface area contributed by atoms with E-state index in [4.69, 9.17) is 9.84 Å². The molecule has 0 spiro atoms. The van der Waals surface area contributed by atoms with Gasteiger partial charge in [-0.05, 0) is 25.7 Å². The lowest BCUT2D eigenvalue weighted by atomic mass is 10.1. The molecule has 22 heavy (non-hydrogen) atoms. The highest BCUT2D eigenvalue weighted by atomic mass is 16.5. The molecule has 1 N–H and O–H groups in total. The molecule has 0 atom stereocenters. The van der Waals surface area contributed by atoms with Crippen molar-refractivity contribution in [3.63, 3.8) is 0 Å². The number of aliphatic hydroxyl groups is 1. The molecule has 0 fully saturated rings. The van der Waals surface area contributed by atoms with E-state index in [0.29, 0.717) is 6.61 Å². The Labute approximate surface area is 139 Å². The number of ether oxygens (including phenoxy) is 1. The van der Waals surface area contributed by atoms with Gasteiger partial charge in [-0.15, -0.1) is 11.8 Å². The first-order valence-electron chi connectivity index (χ1n) is 9.47. The standard InChI is InChI=1S/C20H38O2/c1-22-20-18-16-14-12-10-8-6-4-2-3-5-7-9-11-13-15-17-19-21/h21H,3,5-20H2,1H3. The third kappa shape index (κ3) is 19.5. The average molecular weight is 311 g/mol. The van der Waals surface area contributed by atoms with Crippen LogP contribution in [0, 0.1) is 11.8 Å². The Kier molecular flexibility index (Phi) is 20.0. The van der Waals surface area contributed by atoms with Crippen LogP contribution >= 0.6 is 0 Å². The number of rotatable bonds is 16. The summed E-state index contributed by atoms with van der Waals surface area (Å²) in [6.45, 7) is 1.26. The Morgan fingerprint density at radius 1 is 0.591 bits per heavy atom. The van der Waals surface area contributed by atoms with E-state index in [0.717, 1.165) is 25.9 Å². The fourth-order valence-corrected chi connectivity index (χ4v) is 2.55. The fraction of sp³-hybridized carbons (Fsp3) is 0.900. The number of hydrogen-bond acceptors (Lipinski definition) is 2. The van der Waals surface area contributed by atoms with Crippen molar-refractivity contribution in [3.8, 4) is 11.8 Å². The van der Waals surface area contributed by atoms with Gasteiger partial charge < -0.3 is 9.84 Å². The lowest BCUT2D eigenvalue weighted by molar-refractivity contribution is 0.192. The van der Waals surface area contributed by atoms with Gasteiger partial charge in [0.15, 0.2) is 0 Å². The van der Waals surface area contributed by atoms with E-state index >= 15 is 0 Å². The van der Waals surface area contributed by atoms with Crippen LogP contribution in [0.5, 0.6) is 0 Å². The SMILES string of the molecule is COCCCCCCCCC#CCCCCCCCCCO. The van der Waals surface area contributed by atoms with Crippen LogP contribution in [0.2, 0.25) is 0 Å². The van der Waals surface area contributed by atoms with Crippen LogP contribution in [0.25, 0.3) is 0 Å². The number of hydrogen-bond donors (Lipinski definition) is 1. The minimum absolute atomic E-state index is 0.351. The summed E-state index contributed by atoms with van der Waals surface area (Å²) in [6.07, 6.45) is 18.6. The fourth-order valence-electron chi connectivity index (χ4n) is 2.55. The van der Waals surface area contributed by atoms with Crippen molar-refractivity contribution in [2.45, 2.75) is 96.3 Å². The topological polar surface area (TPSA) is 29.5 Å². The summed E-state index contributed by atoms with van der Waals surface area (Å²) in [5, 5.41) is 8.68. The van der Waals surface area contributed by atoms with E-state index in [1.807, 2.05) is 0 Å². The molecule has 2 heteroatoms. The van der Waals surface area contributed by atoms with E-state index in [1.165, 1.54) is 77.0 Å². The molecule has 0 radical (unpaired) electrons. The Morgan fingerprint density at radius 3 is 1.45 bits per heavy atom. The van der Waals surface area contributed by atoms with Crippen molar-refractivity contribution in [1.29, 1.82) is 0 Å². The summed E-state index contributed by atoms with van der Waals surface area (Å²) >= 11 is 0. The lowest BCUT2D eigenvalue weighted by Crippen LogP contribution is -1.88. The molecule has 0 saturated carbocycles. The predicted molar refractivity (Wildman–Crippen MR) is 96.0 cm³/mol. The van der Waals surface area contributed by atoms with Gasteiger partial charge in [-0.2, -0.15) is 0 Å². The molecule has 2 nitrogen and oxygen atoms in total. The second-order valence-electron chi connectivity index (χ2n) is 6.17. The van der Waals surface area contributed by atoms with Crippen LogP contribution in [0.1, 0.15) is 96.3 Å². The van der Waals surface area contributed by atoms with Gasteiger partial charge in [0, 0.05) is 33.2 Å². The van der Waals surface area contributed by atoms with Gasteiger partial charge in [-0.3, -0.25) is 0 Å². The lowest BCUT2D eigenvalue weighted by Gasteiger charge is -2.00. The molecular formula is C20H38O2. The maximum atomic E-state index is 8.68. The van der Waals surface area contributed by atoms with Crippen molar-refractivity contribution in [2.75, 3.05) is 20.3 Å². The monoisotopic (exact) mass is 310 g/mol. The summed E-state index contributed by atoms with van der Waals surface area (Å²) in [4.78, 5) is 0. The molecular weight excluding hydrogens is 272 g/mol. The van der Waals surface area contributed by atoms with E-state index in [-0.39, 0.29) is 0 Å². The largest absolute Gasteiger partial charge is 0.396 e. The zero-order chi connectivity index (χ0) is 16.1.